The maximum atomic E-state index is 14.0. The first kappa shape index (κ1) is 19.6. The van der Waals surface area contributed by atoms with E-state index in [-0.39, 0.29) is 11.5 Å². The minimum absolute atomic E-state index is 0.114. The first-order valence-corrected chi connectivity index (χ1v) is 10.0. The zero-order valence-corrected chi connectivity index (χ0v) is 16.7. The number of nitrogens with two attached hydrogens (primary N) is 1. The van der Waals surface area contributed by atoms with Crippen LogP contribution in [0.1, 0.15) is 15.9 Å². The number of nitrogens with zero attached hydrogens (tertiary/aromatic N) is 3. The molecule has 0 bridgehead atoms. The Morgan fingerprint density at radius 3 is 2.62 bits per heavy atom. The molecular formula is C22H22ClFN4O. The van der Waals surface area contributed by atoms with Crippen LogP contribution in [-0.4, -0.2) is 48.5 Å². The summed E-state index contributed by atoms with van der Waals surface area (Å²) < 4.78 is 14.0. The fourth-order valence-electron chi connectivity index (χ4n) is 3.87. The molecule has 4 rings (SSSR count). The average Bonchev–Trinajstić information content (AvgIpc) is 2.74. The number of rotatable bonds is 4. The van der Waals surface area contributed by atoms with Gasteiger partial charge in [-0.2, -0.15) is 0 Å². The molecule has 0 atom stereocenters. The van der Waals surface area contributed by atoms with Gasteiger partial charge in [-0.15, -0.1) is 0 Å². The average molecular weight is 413 g/mol. The molecule has 0 aliphatic carbocycles. The van der Waals surface area contributed by atoms with Crippen LogP contribution in [0.25, 0.3) is 10.9 Å². The number of amides is 1. The molecule has 7 heteroatoms. The lowest BCUT2D eigenvalue weighted by atomic mass is 10.0. The highest BCUT2D eigenvalue weighted by molar-refractivity contribution is 6.36. The molecule has 0 radical (unpaired) electrons. The predicted octanol–water partition coefficient (Wildman–Crippen LogP) is 3.49. The summed E-state index contributed by atoms with van der Waals surface area (Å²) in [5.41, 5.74) is 8.86. The molecule has 0 spiro atoms. The van der Waals surface area contributed by atoms with Crippen LogP contribution in [0.2, 0.25) is 5.02 Å². The first-order chi connectivity index (χ1) is 14.1. The minimum Gasteiger partial charge on any atom is -0.366 e. The molecule has 1 aliphatic heterocycles. The molecule has 2 heterocycles. The molecule has 2 aromatic carbocycles. The van der Waals surface area contributed by atoms with Crippen LogP contribution in [-0.2, 0) is 6.42 Å². The Morgan fingerprint density at radius 1 is 1.14 bits per heavy atom. The molecule has 1 fully saturated rings. The van der Waals surface area contributed by atoms with E-state index in [0.29, 0.717) is 44.2 Å². The quantitative estimate of drug-likeness (QED) is 0.712. The van der Waals surface area contributed by atoms with Gasteiger partial charge in [0, 0.05) is 37.8 Å². The fraction of sp³-hybridized carbons (Fsp3) is 0.273. The summed E-state index contributed by atoms with van der Waals surface area (Å²) in [4.78, 5) is 21.2. The van der Waals surface area contributed by atoms with Crippen LogP contribution < -0.4 is 10.6 Å². The zero-order valence-electron chi connectivity index (χ0n) is 15.9. The normalized spacial score (nSPS) is 14.4. The third-order valence-corrected chi connectivity index (χ3v) is 5.61. The van der Waals surface area contributed by atoms with Gasteiger partial charge in [-0.3, -0.25) is 9.78 Å². The van der Waals surface area contributed by atoms with E-state index in [9.17, 15) is 9.18 Å². The van der Waals surface area contributed by atoms with E-state index in [0.717, 1.165) is 22.2 Å². The van der Waals surface area contributed by atoms with Gasteiger partial charge in [0.2, 0.25) is 0 Å². The number of carbonyl (C=O) groups is 1. The third kappa shape index (κ3) is 3.78. The molecule has 5 nitrogen and oxygen atoms in total. The molecule has 150 valence electrons. The molecule has 29 heavy (non-hydrogen) atoms. The van der Waals surface area contributed by atoms with Crippen molar-refractivity contribution >= 4 is 34.1 Å². The molecule has 1 aromatic heterocycles. The summed E-state index contributed by atoms with van der Waals surface area (Å²) in [5.74, 6) is -0.762. The highest BCUT2D eigenvalue weighted by Crippen LogP contribution is 2.35. The lowest BCUT2D eigenvalue weighted by molar-refractivity contribution is 0.0742. The summed E-state index contributed by atoms with van der Waals surface area (Å²) in [6, 6.07) is 11.9. The second kappa shape index (κ2) is 8.35. The maximum absolute atomic E-state index is 14.0. The number of fused-ring (bicyclic) bond motifs is 1. The molecule has 1 saturated heterocycles. The lowest BCUT2D eigenvalue weighted by Crippen LogP contribution is -2.49. The van der Waals surface area contributed by atoms with E-state index < -0.39 is 5.82 Å². The summed E-state index contributed by atoms with van der Waals surface area (Å²) in [6.07, 6.45) is 2.45. The van der Waals surface area contributed by atoms with Crippen molar-refractivity contribution in [2.45, 2.75) is 6.42 Å². The Labute approximate surface area is 173 Å². The van der Waals surface area contributed by atoms with Crippen molar-refractivity contribution in [3.63, 3.8) is 0 Å². The Morgan fingerprint density at radius 2 is 1.90 bits per heavy atom. The highest BCUT2D eigenvalue weighted by Gasteiger charge is 2.26. The van der Waals surface area contributed by atoms with Crippen LogP contribution in [0.3, 0.4) is 0 Å². The van der Waals surface area contributed by atoms with Crippen molar-refractivity contribution < 1.29 is 9.18 Å². The second-order valence-corrected chi connectivity index (χ2v) is 7.47. The van der Waals surface area contributed by atoms with E-state index >= 15 is 0 Å². The number of carbonyl (C=O) groups excluding carboxylic acids is 1. The Bertz CT molecular complexity index is 1050. The smallest absolute Gasteiger partial charge is 0.256 e. The zero-order chi connectivity index (χ0) is 20.4. The van der Waals surface area contributed by atoms with Crippen molar-refractivity contribution in [3.05, 3.63) is 70.6 Å². The fourth-order valence-corrected chi connectivity index (χ4v) is 4.16. The Kier molecular flexibility index (Phi) is 5.65. The largest absolute Gasteiger partial charge is 0.366 e. The summed E-state index contributed by atoms with van der Waals surface area (Å²) >= 11 is 6.47. The number of pyridine rings is 1. The molecule has 0 unspecified atom stereocenters. The number of piperazine rings is 1. The molecule has 1 amide bonds. The van der Waals surface area contributed by atoms with Crippen LogP contribution in [0.15, 0.2) is 48.7 Å². The standard InChI is InChI=1S/C22H22ClFN4O/c23-18-14-15(7-8-25)21(20-16(18)5-3-9-26-20)27-10-12-28(13-11-27)22(29)17-4-1-2-6-19(17)24/h1-6,9,14H,7-8,10-13,25H2. The number of hydrogen-bond donors (Lipinski definition) is 1. The highest BCUT2D eigenvalue weighted by atomic mass is 35.5. The molecular weight excluding hydrogens is 391 g/mol. The van der Waals surface area contributed by atoms with E-state index in [1.165, 1.54) is 12.1 Å². The van der Waals surface area contributed by atoms with E-state index in [1.54, 1.807) is 23.2 Å². The van der Waals surface area contributed by atoms with Crippen molar-refractivity contribution in [1.82, 2.24) is 9.88 Å². The van der Waals surface area contributed by atoms with Crippen LogP contribution in [0, 0.1) is 5.82 Å². The third-order valence-electron chi connectivity index (χ3n) is 5.30. The van der Waals surface area contributed by atoms with Crippen LogP contribution in [0.5, 0.6) is 0 Å². The number of aromatic nitrogens is 1. The molecule has 1 aliphatic rings. The van der Waals surface area contributed by atoms with Crippen molar-refractivity contribution in [1.29, 1.82) is 0 Å². The number of halogens is 2. The number of anilines is 1. The van der Waals surface area contributed by atoms with Gasteiger partial charge in [-0.05, 0) is 48.9 Å². The Hall–Kier alpha value is -2.70. The van der Waals surface area contributed by atoms with Gasteiger partial charge in [-0.1, -0.05) is 23.7 Å². The summed E-state index contributed by atoms with van der Waals surface area (Å²) in [7, 11) is 0. The minimum atomic E-state index is -0.488. The monoisotopic (exact) mass is 412 g/mol. The van der Waals surface area contributed by atoms with Gasteiger partial charge in [0.15, 0.2) is 0 Å². The second-order valence-electron chi connectivity index (χ2n) is 7.06. The number of hydrogen-bond acceptors (Lipinski definition) is 4. The van der Waals surface area contributed by atoms with Gasteiger partial charge >= 0.3 is 0 Å². The van der Waals surface area contributed by atoms with Crippen LogP contribution in [0.4, 0.5) is 10.1 Å². The van der Waals surface area contributed by atoms with Crippen molar-refractivity contribution in [3.8, 4) is 0 Å². The Balaban J connectivity index is 1.61. The lowest BCUT2D eigenvalue weighted by Gasteiger charge is -2.37. The van der Waals surface area contributed by atoms with E-state index in [4.69, 9.17) is 17.3 Å². The molecule has 3 aromatic rings. The van der Waals surface area contributed by atoms with Gasteiger partial charge < -0.3 is 15.5 Å². The summed E-state index contributed by atoms with van der Waals surface area (Å²) in [5, 5.41) is 1.56. The van der Waals surface area contributed by atoms with Crippen molar-refractivity contribution in [2.75, 3.05) is 37.6 Å². The molecule has 2 N–H and O–H groups in total. The van der Waals surface area contributed by atoms with Gasteiger partial charge in [0.1, 0.15) is 5.82 Å². The maximum Gasteiger partial charge on any atom is 0.256 e. The van der Waals surface area contributed by atoms with E-state index in [1.807, 2.05) is 18.2 Å². The number of benzene rings is 2. The van der Waals surface area contributed by atoms with Gasteiger partial charge in [0.05, 0.1) is 21.8 Å². The van der Waals surface area contributed by atoms with Crippen molar-refractivity contribution in [2.24, 2.45) is 5.73 Å². The summed E-state index contributed by atoms with van der Waals surface area (Å²) in [6.45, 7) is 2.78. The molecule has 0 saturated carbocycles. The van der Waals surface area contributed by atoms with Crippen LogP contribution >= 0.6 is 11.6 Å². The topological polar surface area (TPSA) is 62.5 Å². The van der Waals surface area contributed by atoms with Gasteiger partial charge in [-0.25, -0.2) is 4.39 Å². The SMILES string of the molecule is NCCc1cc(Cl)c2cccnc2c1N1CCN(C(=O)c2ccccc2F)CC1. The van der Waals surface area contributed by atoms with E-state index in [2.05, 4.69) is 9.88 Å². The first-order valence-electron chi connectivity index (χ1n) is 9.65. The predicted molar refractivity (Wildman–Crippen MR) is 114 cm³/mol. The van der Waals surface area contributed by atoms with Gasteiger partial charge in [0.25, 0.3) is 5.91 Å².